The zero-order valence-electron chi connectivity index (χ0n) is 17.7. The van der Waals surface area contributed by atoms with Crippen LogP contribution in [0.25, 0.3) is 10.6 Å². The number of hydrogen-bond acceptors (Lipinski definition) is 7. The van der Waals surface area contributed by atoms with Gasteiger partial charge >= 0.3 is 5.97 Å². The molecule has 2 N–H and O–H groups in total. The summed E-state index contributed by atoms with van der Waals surface area (Å²) in [6, 6.07) is 16.3. The van der Waals surface area contributed by atoms with E-state index in [4.69, 9.17) is 0 Å². The van der Waals surface area contributed by atoms with Crippen molar-refractivity contribution in [3.05, 3.63) is 82.3 Å². The van der Waals surface area contributed by atoms with Crippen molar-refractivity contribution in [1.82, 2.24) is 15.2 Å². The molecule has 5 rings (SSSR count). The number of carboxylic acid groups (broad SMARTS) is 1. The molecule has 10 heteroatoms. The van der Waals surface area contributed by atoms with Gasteiger partial charge in [-0.1, -0.05) is 54.2 Å². The highest BCUT2D eigenvalue weighted by atomic mass is 32.2. The molecule has 2 aliphatic heterocycles. The van der Waals surface area contributed by atoms with Crippen LogP contribution < -0.4 is 5.32 Å². The molecule has 3 heterocycles. The van der Waals surface area contributed by atoms with E-state index in [1.165, 1.54) is 28.4 Å². The maximum atomic E-state index is 12.9. The van der Waals surface area contributed by atoms with E-state index in [1.807, 2.05) is 60.0 Å². The van der Waals surface area contributed by atoms with Crippen molar-refractivity contribution in [2.75, 3.05) is 5.75 Å². The number of fused-ring (bicyclic) bond motifs is 1. The van der Waals surface area contributed by atoms with E-state index in [0.29, 0.717) is 10.7 Å². The number of carbonyl (C=O) groups excluding carboxylic acids is 2. The quantitative estimate of drug-likeness (QED) is 0.467. The van der Waals surface area contributed by atoms with Crippen LogP contribution in [0, 0.1) is 0 Å². The van der Waals surface area contributed by atoms with Gasteiger partial charge in [-0.05, 0) is 17.7 Å². The van der Waals surface area contributed by atoms with E-state index >= 15 is 0 Å². The molecular formula is C24H19N3O4S3. The molecular weight excluding hydrogens is 490 g/mol. The number of benzene rings is 2. The van der Waals surface area contributed by atoms with E-state index in [0.717, 1.165) is 21.0 Å². The zero-order valence-corrected chi connectivity index (χ0v) is 20.2. The van der Waals surface area contributed by atoms with Crippen molar-refractivity contribution in [3.63, 3.8) is 0 Å². The van der Waals surface area contributed by atoms with Crippen molar-refractivity contribution in [2.45, 2.75) is 22.7 Å². The van der Waals surface area contributed by atoms with Crippen molar-refractivity contribution in [1.29, 1.82) is 0 Å². The minimum absolute atomic E-state index is 0.00342. The third-order valence-electron chi connectivity index (χ3n) is 5.43. The Bertz CT molecular complexity index is 1260. The molecule has 0 aliphatic carbocycles. The Morgan fingerprint density at radius 2 is 1.91 bits per heavy atom. The molecule has 0 radical (unpaired) electrons. The number of thiazole rings is 1. The smallest absolute Gasteiger partial charge is 0.353 e. The fraction of sp³-hybridized carbons (Fsp3) is 0.167. The van der Waals surface area contributed by atoms with Crippen LogP contribution in [0.3, 0.4) is 0 Å². The van der Waals surface area contributed by atoms with Crippen molar-refractivity contribution < 1.29 is 19.5 Å². The second-order valence-corrected chi connectivity index (χ2v) is 10.8. The minimum atomic E-state index is -1.14. The Hall–Kier alpha value is -3.08. The summed E-state index contributed by atoms with van der Waals surface area (Å²) in [7, 11) is 0. The average molecular weight is 510 g/mol. The monoisotopic (exact) mass is 509 g/mol. The van der Waals surface area contributed by atoms with Crippen LogP contribution in [-0.4, -0.2) is 49.9 Å². The second kappa shape index (κ2) is 9.65. The molecule has 172 valence electrons. The van der Waals surface area contributed by atoms with E-state index in [-0.39, 0.29) is 18.0 Å². The molecule has 2 atom stereocenters. The third kappa shape index (κ3) is 4.48. The maximum absolute atomic E-state index is 12.9. The van der Waals surface area contributed by atoms with Gasteiger partial charge in [-0.2, -0.15) is 0 Å². The molecule has 1 aromatic heterocycles. The molecule has 2 aliphatic rings. The number of amides is 2. The number of aliphatic carboxylic acids is 1. The molecule has 2 aromatic carbocycles. The predicted molar refractivity (Wildman–Crippen MR) is 133 cm³/mol. The van der Waals surface area contributed by atoms with Gasteiger partial charge in [-0.15, -0.1) is 23.1 Å². The molecule has 2 amide bonds. The van der Waals surface area contributed by atoms with Crippen molar-refractivity contribution in [2.24, 2.45) is 0 Å². The Labute approximate surface area is 208 Å². The van der Waals surface area contributed by atoms with Gasteiger partial charge in [0.15, 0.2) is 0 Å². The molecule has 1 fully saturated rings. The normalized spacial score (nSPS) is 19.4. The van der Waals surface area contributed by atoms with Gasteiger partial charge < -0.3 is 10.4 Å². The lowest BCUT2D eigenvalue weighted by Crippen LogP contribution is -2.70. The molecule has 3 aromatic rings. The number of aromatic nitrogens is 1. The van der Waals surface area contributed by atoms with Crippen LogP contribution in [0.15, 0.2) is 81.7 Å². The highest BCUT2D eigenvalue weighted by Crippen LogP contribution is 2.45. The van der Waals surface area contributed by atoms with Crippen LogP contribution in [0.2, 0.25) is 0 Å². The van der Waals surface area contributed by atoms with Gasteiger partial charge in [0.25, 0.3) is 5.91 Å². The second-order valence-electron chi connectivity index (χ2n) is 7.66. The van der Waals surface area contributed by atoms with Crippen molar-refractivity contribution in [3.8, 4) is 10.6 Å². The number of hydrogen-bond donors (Lipinski definition) is 2. The fourth-order valence-corrected chi connectivity index (χ4v) is 6.97. The molecule has 34 heavy (non-hydrogen) atoms. The first kappa shape index (κ1) is 22.7. The number of rotatable bonds is 7. The topological polar surface area (TPSA) is 99.6 Å². The summed E-state index contributed by atoms with van der Waals surface area (Å²) in [4.78, 5) is 44.5. The number of thioether (sulfide) groups is 2. The Morgan fingerprint density at radius 1 is 1.15 bits per heavy atom. The molecule has 0 unspecified atom stereocenters. The van der Waals surface area contributed by atoms with Gasteiger partial charge in [0.1, 0.15) is 22.1 Å². The van der Waals surface area contributed by atoms with E-state index in [2.05, 4.69) is 10.3 Å². The molecule has 0 bridgehead atoms. The van der Waals surface area contributed by atoms with Gasteiger partial charge in [0.2, 0.25) is 5.91 Å². The standard InChI is InChI=1S/C24H19N3O4S3/c28-18(12-14-4-2-1-3-5-14)26-19-22(29)27-20(24(30)31)17(13-33-23(19)27)34-16-8-6-15(7-9-16)21-25-10-11-32-21/h1-11,19,23H,12-13H2,(H,26,28)(H,30,31)/t19-,23+/m1/s1. The molecule has 7 nitrogen and oxygen atoms in total. The predicted octanol–water partition coefficient (Wildman–Crippen LogP) is 3.84. The number of nitrogens with zero attached hydrogens (tertiary/aromatic N) is 2. The van der Waals surface area contributed by atoms with E-state index < -0.39 is 23.3 Å². The lowest BCUT2D eigenvalue weighted by Gasteiger charge is -2.49. The van der Waals surface area contributed by atoms with Gasteiger partial charge in [-0.25, -0.2) is 9.78 Å². The minimum Gasteiger partial charge on any atom is -0.477 e. The fourth-order valence-electron chi connectivity index (χ4n) is 3.85. The zero-order chi connectivity index (χ0) is 23.7. The Balaban J connectivity index is 1.29. The first-order valence-electron chi connectivity index (χ1n) is 10.4. The molecule has 0 spiro atoms. The summed E-state index contributed by atoms with van der Waals surface area (Å²) in [5.41, 5.74) is 1.85. The Kier molecular flexibility index (Phi) is 6.44. The van der Waals surface area contributed by atoms with Crippen molar-refractivity contribution >= 4 is 52.6 Å². The van der Waals surface area contributed by atoms with Crippen LogP contribution >= 0.6 is 34.9 Å². The summed E-state index contributed by atoms with van der Waals surface area (Å²) in [5.74, 6) is -1.35. The summed E-state index contributed by atoms with van der Waals surface area (Å²) < 4.78 is 0. The number of carboxylic acids is 1. The third-order valence-corrected chi connectivity index (χ3v) is 8.81. The van der Waals surface area contributed by atoms with Crippen LogP contribution in [0.1, 0.15) is 5.56 Å². The lowest BCUT2D eigenvalue weighted by atomic mass is 10.0. The van der Waals surface area contributed by atoms with Crippen LogP contribution in [0.4, 0.5) is 0 Å². The number of β-lactam (4-membered cyclic amide) rings is 1. The number of carbonyl (C=O) groups is 3. The van der Waals surface area contributed by atoms with Crippen LogP contribution in [0.5, 0.6) is 0 Å². The largest absolute Gasteiger partial charge is 0.477 e. The average Bonchev–Trinajstić information content (AvgIpc) is 3.38. The van der Waals surface area contributed by atoms with Crippen LogP contribution in [-0.2, 0) is 20.8 Å². The Morgan fingerprint density at radius 3 is 2.59 bits per heavy atom. The molecule has 0 saturated carbocycles. The first-order chi connectivity index (χ1) is 16.5. The van der Waals surface area contributed by atoms with Gasteiger partial charge in [-0.3, -0.25) is 14.5 Å². The SMILES string of the molecule is O=C(Cc1ccccc1)N[C@@H]1C(=O)N2C(C(=O)O)=C(Sc3ccc(-c4nccs4)cc3)CS[C@@H]12. The van der Waals surface area contributed by atoms with Gasteiger partial charge in [0, 0.05) is 32.7 Å². The summed E-state index contributed by atoms with van der Waals surface area (Å²) in [5, 5.41) is 15.1. The first-order valence-corrected chi connectivity index (χ1v) is 13.2. The maximum Gasteiger partial charge on any atom is 0.353 e. The number of nitrogens with one attached hydrogen (secondary N) is 1. The van der Waals surface area contributed by atoms with E-state index in [1.54, 1.807) is 17.5 Å². The van der Waals surface area contributed by atoms with E-state index in [9.17, 15) is 19.5 Å². The lowest BCUT2D eigenvalue weighted by molar-refractivity contribution is -0.150. The summed E-state index contributed by atoms with van der Waals surface area (Å²) in [6.45, 7) is 0. The highest BCUT2D eigenvalue weighted by Gasteiger charge is 2.54. The highest BCUT2D eigenvalue weighted by molar-refractivity contribution is 8.06. The summed E-state index contributed by atoms with van der Waals surface area (Å²) in [6.07, 6.45) is 1.92. The summed E-state index contributed by atoms with van der Waals surface area (Å²) >= 11 is 4.36. The molecule has 1 saturated heterocycles. The van der Waals surface area contributed by atoms with Gasteiger partial charge in [0.05, 0.1) is 6.42 Å².